The van der Waals surface area contributed by atoms with Gasteiger partial charge in [-0.1, -0.05) is 0 Å². The Balaban J connectivity index is 2.37. The number of nitrogens with two attached hydrogens (primary N) is 1. The van der Waals surface area contributed by atoms with Gasteiger partial charge in [0, 0.05) is 18.9 Å². The molecule has 0 aliphatic carbocycles. The van der Waals surface area contributed by atoms with Gasteiger partial charge in [-0.05, 0) is 40.2 Å². The maximum atomic E-state index is 13.1. The molecule has 94 valence electrons. The molecule has 1 heterocycles. The molecule has 1 aromatic carbocycles. The Labute approximate surface area is 111 Å². The SMILES string of the molecule is Cn1ccc(Nc2ccc(F)c(Br)c2)c(N)c1=O. The van der Waals surface area contributed by atoms with Gasteiger partial charge in [0.05, 0.1) is 10.2 Å². The van der Waals surface area contributed by atoms with Crippen LogP contribution in [-0.4, -0.2) is 4.57 Å². The molecule has 0 saturated carbocycles. The molecule has 3 N–H and O–H groups in total. The van der Waals surface area contributed by atoms with Crippen LogP contribution in [0.4, 0.5) is 21.5 Å². The van der Waals surface area contributed by atoms with E-state index in [-0.39, 0.29) is 17.1 Å². The largest absolute Gasteiger partial charge is 0.393 e. The molecule has 0 aliphatic rings. The van der Waals surface area contributed by atoms with Gasteiger partial charge < -0.3 is 15.6 Å². The summed E-state index contributed by atoms with van der Waals surface area (Å²) >= 11 is 3.09. The first-order valence-corrected chi connectivity index (χ1v) is 5.95. The molecule has 0 fully saturated rings. The third kappa shape index (κ3) is 2.38. The Morgan fingerprint density at radius 3 is 2.78 bits per heavy atom. The average Bonchev–Trinajstić information content (AvgIpc) is 2.34. The van der Waals surface area contributed by atoms with Crippen LogP contribution in [0.5, 0.6) is 0 Å². The lowest BCUT2D eigenvalue weighted by Gasteiger charge is -2.10. The van der Waals surface area contributed by atoms with Crippen LogP contribution in [0.1, 0.15) is 0 Å². The molecule has 0 saturated heterocycles. The number of nitrogen functional groups attached to an aromatic ring is 1. The molecule has 0 amide bonds. The highest BCUT2D eigenvalue weighted by Crippen LogP contribution is 2.24. The average molecular weight is 312 g/mol. The summed E-state index contributed by atoms with van der Waals surface area (Å²) in [5.74, 6) is -0.350. The second kappa shape index (κ2) is 4.81. The molecule has 0 spiro atoms. The molecule has 0 unspecified atom stereocenters. The van der Waals surface area contributed by atoms with Crippen molar-refractivity contribution in [2.45, 2.75) is 0 Å². The van der Waals surface area contributed by atoms with Crippen molar-refractivity contribution in [2.75, 3.05) is 11.1 Å². The van der Waals surface area contributed by atoms with Crippen LogP contribution in [0.2, 0.25) is 0 Å². The minimum atomic E-state index is -0.350. The Morgan fingerprint density at radius 1 is 1.39 bits per heavy atom. The summed E-state index contributed by atoms with van der Waals surface area (Å²) in [4.78, 5) is 11.6. The molecular weight excluding hydrogens is 301 g/mol. The van der Waals surface area contributed by atoms with Gasteiger partial charge in [0.25, 0.3) is 5.56 Å². The van der Waals surface area contributed by atoms with E-state index in [2.05, 4.69) is 21.2 Å². The molecule has 6 heteroatoms. The summed E-state index contributed by atoms with van der Waals surface area (Å²) in [5, 5.41) is 2.97. The van der Waals surface area contributed by atoms with Crippen LogP contribution < -0.4 is 16.6 Å². The number of anilines is 3. The molecular formula is C12H11BrFN3O. The third-order valence-corrected chi connectivity index (χ3v) is 3.11. The fourth-order valence-corrected chi connectivity index (χ4v) is 1.87. The zero-order valence-corrected chi connectivity index (χ0v) is 11.2. The second-order valence-electron chi connectivity index (χ2n) is 3.81. The Morgan fingerprint density at radius 2 is 2.11 bits per heavy atom. The van der Waals surface area contributed by atoms with Gasteiger partial charge in [0.1, 0.15) is 11.5 Å². The number of hydrogen-bond donors (Lipinski definition) is 2. The van der Waals surface area contributed by atoms with Crippen molar-refractivity contribution in [3.8, 4) is 0 Å². The van der Waals surface area contributed by atoms with E-state index in [0.29, 0.717) is 15.8 Å². The van der Waals surface area contributed by atoms with Gasteiger partial charge in [0.2, 0.25) is 0 Å². The third-order valence-electron chi connectivity index (χ3n) is 2.50. The van der Waals surface area contributed by atoms with E-state index in [1.807, 2.05) is 0 Å². The molecule has 0 radical (unpaired) electrons. The highest BCUT2D eigenvalue weighted by Gasteiger charge is 2.06. The number of halogens is 2. The lowest BCUT2D eigenvalue weighted by molar-refractivity contribution is 0.621. The maximum Gasteiger partial charge on any atom is 0.275 e. The summed E-state index contributed by atoms with van der Waals surface area (Å²) in [6.45, 7) is 0. The molecule has 2 aromatic rings. The molecule has 4 nitrogen and oxygen atoms in total. The normalized spacial score (nSPS) is 10.4. The van der Waals surface area contributed by atoms with Crippen LogP contribution in [0.15, 0.2) is 39.7 Å². The Hall–Kier alpha value is -1.82. The van der Waals surface area contributed by atoms with Crippen molar-refractivity contribution >= 4 is 33.0 Å². The van der Waals surface area contributed by atoms with E-state index >= 15 is 0 Å². The number of hydrogen-bond acceptors (Lipinski definition) is 3. The van der Waals surface area contributed by atoms with E-state index in [0.717, 1.165) is 0 Å². The number of pyridine rings is 1. The van der Waals surface area contributed by atoms with E-state index < -0.39 is 0 Å². The maximum absolute atomic E-state index is 13.1. The summed E-state index contributed by atoms with van der Waals surface area (Å²) < 4.78 is 14.8. The smallest absolute Gasteiger partial charge is 0.275 e. The van der Waals surface area contributed by atoms with Gasteiger partial charge >= 0.3 is 0 Å². The van der Waals surface area contributed by atoms with Gasteiger partial charge in [-0.15, -0.1) is 0 Å². The van der Waals surface area contributed by atoms with Crippen LogP contribution in [0.3, 0.4) is 0 Å². The fourth-order valence-electron chi connectivity index (χ4n) is 1.49. The summed E-state index contributed by atoms with van der Waals surface area (Å²) in [5.41, 5.74) is 6.71. The van der Waals surface area contributed by atoms with Gasteiger partial charge in [-0.2, -0.15) is 0 Å². The van der Waals surface area contributed by atoms with E-state index in [4.69, 9.17) is 5.73 Å². The number of nitrogens with zero attached hydrogens (tertiary/aromatic N) is 1. The summed E-state index contributed by atoms with van der Waals surface area (Å²) in [6, 6.07) is 6.15. The lowest BCUT2D eigenvalue weighted by atomic mass is 10.2. The highest BCUT2D eigenvalue weighted by molar-refractivity contribution is 9.10. The Bertz CT molecular complexity index is 654. The predicted octanol–water partition coefficient (Wildman–Crippen LogP) is 2.61. The summed E-state index contributed by atoms with van der Waals surface area (Å²) in [6.07, 6.45) is 1.61. The topological polar surface area (TPSA) is 60.1 Å². The van der Waals surface area contributed by atoms with Crippen LogP contribution >= 0.6 is 15.9 Å². The van der Waals surface area contributed by atoms with Gasteiger partial charge in [0.15, 0.2) is 0 Å². The van der Waals surface area contributed by atoms with Crippen LogP contribution in [0.25, 0.3) is 0 Å². The van der Waals surface area contributed by atoms with E-state index in [9.17, 15) is 9.18 Å². The van der Waals surface area contributed by atoms with E-state index in [1.54, 1.807) is 31.4 Å². The molecule has 0 atom stereocenters. The second-order valence-corrected chi connectivity index (χ2v) is 4.67. The first-order valence-electron chi connectivity index (χ1n) is 5.16. The van der Waals surface area contributed by atoms with Crippen LogP contribution in [0, 0.1) is 5.82 Å². The zero-order valence-electron chi connectivity index (χ0n) is 9.58. The number of benzene rings is 1. The standard InChI is InChI=1S/C12H11BrFN3O/c1-17-5-4-10(11(15)12(17)18)16-7-2-3-9(14)8(13)6-7/h2-6,16H,15H2,1H3. The molecule has 0 bridgehead atoms. The van der Waals surface area contributed by atoms with Crippen molar-refractivity contribution in [3.63, 3.8) is 0 Å². The zero-order chi connectivity index (χ0) is 13.3. The van der Waals surface area contributed by atoms with Crippen molar-refractivity contribution in [1.29, 1.82) is 0 Å². The number of aromatic nitrogens is 1. The van der Waals surface area contributed by atoms with Gasteiger partial charge in [-0.25, -0.2) is 4.39 Å². The number of aryl methyl sites for hydroxylation is 1. The number of rotatable bonds is 2. The first kappa shape index (κ1) is 12.6. The minimum Gasteiger partial charge on any atom is -0.393 e. The first-order chi connectivity index (χ1) is 8.49. The molecule has 0 aliphatic heterocycles. The predicted molar refractivity (Wildman–Crippen MR) is 73.5 cm³/mol. The van der Waals surface area contributed by atoms with Crippen molar-refractivity contribution < 1.29 is 4.39 Å². The monoisotopic (exact) mass is 311 g/mol. The quantitative estimate of drug-likeness (QED) is 0.896. The lowest BCUT2D eigenvalue weighted by Crippen LogP contribution is -2.20. The van der Waals surface area contributed by atoms with E-state index in [1.165, 1.54) is 10.6 Å². The van der Waals surface area contributed by atoms with Crippen molar-refractivity contribution in [3.05, 3.63) is 51.1 Å². The highest BCUT2D eigenvalue weighted by atomic mass is 79.9. The molecule has 2 rings (SSSR count). The summed E-state index contributed by atoms with van der Waals surface area (Å²) in [7, 11) is 1.62. The minimum absolute atomic E-state index is 0.125. The molecule has 18 heavy (non-hydrogen) atoms. The molecule has 1 aromatic heterocycles. The van der Waals surface area contributed by atoms with Crippen LogP contribution in [-0.2, 0) is 7.05 Å². The van der Waals surface area contributed by atoms with Crippen molar-refractivity contribution in [1.82, 2.24) is 4.57 Å². The van der Waals surface area contributed by atoms with Gasteiger partial charge in [-0.3, -0.25) is 4.79 Å². The van der Waals surface area contributed by atoms with Crippen molar-refractivity contribution in [2.24, 2.45) is 7.05 Å². The Kier molecular flexibility index (Phi) is 3.38. The number of nitrogens with one attached hydrogen (secondary N) is 1. The fraction of sp³-hybridized carbons (Fsp3) is 0.0833.